The summed E-state index contributed by atoms with van der Waals surface area (Å²) in [6.07, 6.45) is 0.722. The lowest BCUT2D eigenvalue weighted by atomic mass is 9.68. The summed E-state index contributed by atoms with van der Waals surface area (Å²) >= 11 is 6.39. The molecule has 2 N–H and O–H groups in total. The van der Waals surface area contributed by atoms with E-state index >= 15 is 0 Å². The number of fused-ring (bicyclic) bond motifs is 10. The maximum absolute atomic E-state index is 14.0. The summed E-state index contributed by atoms with van der Waals surface area (Å²) in [4.78, 5) is 58.9. The van der Waals surface area contributed by atoms with Crippen molar-refractivity contribution in [2.45, 2.75) is 22.6 Å². The molecule has 1 aromatic heterocycles. The molecule has 4 aliphatic rings. The summed E-state index contributed by atoms with van der Waals surface area (Å²) < 4.78 is 20.8. The largest absolute Gasteiger partial charge is 0.483 e. The van der Waals surface area contributed by atoms with Crippen LogP contribution >= 0.6 is 39.0 Å². The molecule has 12 heteroatoms. The zero-order valence-electron chi connectivity index (χ0n) is 25.6. The van der Waals surface area contributed by atoms with Crippen molar-refractivity contribution in [2.75, 3.05) is 16.8 Å². The Hall–Kier alpha value is -4.26. The van der Waals surface area contributed by atoms with Gasteiger partial charge in [0.05, 0.1) is 22.5 Å². The number of amides is 3. The number of halogens is 2. The molecule has 3 amide bonds. The first-order valence-corrected chi connectivity index (χ1v) is 18.5. The standard InChI is InChI=1S/C37H27BrFN3O5S2/c38-18-8-13-26(47-16-27(43)40-25-7-3-5-17-4-1-2-6-21(17)25)22(14-18)28-29-23-15-24(32(29)48-34-33(28)49-37(46)41-34)31-30(23)35(44)42(36(31)45)20-11-9-19(39)10-12-20/h1-14,23-24,28-32H,15-16H2,(H,40,43)(H,41,46)/t23-,24-,28+,29-,30+,31+,32-/m1/s1. The Morgan fingerprint density at radius 2 is 1.71 bits per heavy atom. The van der Waals surface area contributed by atoms with Crippen LogP contribution in [0.25, 0.3) is 10.8 Å². The minimum absolute atomic E-state index is 0.0274. The van der Waals surface area contributed by atoms with Crippen LogP contribution in [0.5, 0.6) is 5.75 Å². The summed E-state index contributed by atoms with van der Waals surface area (Å²) in [5.74, 6) is -2.27. The summed E-state index contributed by atoms with van der Waals surface area (Å²) in [5.41, 5.74) is 1.89. The molecule has 5 aromatic rings. The Kier molecular flexibility index (Phi) is 7.33. The Balaban J connectivity index is 1.05. The lowest BCUT2D eigenvalue weighted by Crippen LogP contribution is -2.42. The maximum Gasteiger partial charge on any atom is 0.305 e. The van der Waals surface area contributed by atoms with Gasteiger partial charge in [0.15, 0.2) is 6.61 Å². The van der Waals surface area contributed by atoms with E-state index in [4.69, 9.17) is 4.74 Å². The van der Waals surface area contributed by atoms with Crippen molar-refractivity contribution in [1.29, 1.82) is 0 Å². The topological polar surface area (TPSA) is 109 Å². The number of thioether (sulfide) groups is 1. The number of hydrogen-bond donors (Lipinski definition) is 2. The molecule has 4 aromatic carbocycles. The molecular formula is C37H27BrFN3O5S2. The molecule has 7 atom stereocenters. The fourth-order valence-corrected chi connectivity index (χ4v) is 12.0. The number of anilines is 2. The second-order valence-electron chi connectivity index (χ2n) is 13.0. The molecular weight excluding hydrogens is 729 g/mol. The Labute approximate surface area is 296 Å². The molecule has 2 aliphatic heterocycles. The number of H-pyrrole nitrogens is 1. The minimum Gasteiger partial charge on any atom is -0.483 e. The van der Waals surface area contributed by atoms with Gasteiger partial charge in [-0.1, -0.05) is 63.7 Å². The molecule has 3 heterocycles. The highest BCUT2D eigenvalue weighted by molar-refractivity contribution is 9.10. The number of benzene rings is 4. The number of ether oxygens (including phenoxy) is 1. The second kappa shape index (κ2) is 11.7. The van der Waals surface area contributed by atoms with Crippen molar-refractivity contribution >= 4 is 78.9 Å². The van der Waals surface area contributed by atoms with Gasteiger partial charge >= 0.3 is 4.87 Å². The molecule has 9 rings (SSSR count). The zero-order chi connectivity index (χ0) is 33.6. The van der Waals surface area contributed by atoms with E-state index in [2.05, 4.69) is 26.2 Å². The van der Waals surface area contributed by atoms with E-state index < -0.39 is 17.7 Å². The van der Waals surface area contributed by atoms with Gasteiger partial charge in [0, 0.05) is 37.2 Å². The predicted molar refractivity (Wildman–Crippen MR) is 190 cm³/mol. The average molecular weight is 757 g/mol. The van der Waals surface area contributed by atoms with E-state index in [1.165, 1.54) is 29.2 Å². The highest BCUT2D eigenvalue weighted by Crippen LogP contribution is 2.69. The van der Waals surface area contributed by atoms with Gasteiger partial charge in [-0.3, -0.25) is 24.1 Å². The number of aromatic amines is 1. The first-order chi connectivity index (χ1) is 23.8. The van der Waals surface area contributed by atoms with Crippen LogP contribution < -0.4 is 19.8 Å². The Bertz CT molecular complexity index is 2250. The van der Waals surface area contributed by atoms with Crippen LogP contribution in [0.15, 0.2) is 99.2 Å². The van der Waals surface area contributed by atoms with Gasteiger partial charge in [-0.05, 0) is 78.1 Å². The van der Waals surface area contributed by atoms with Gasteiger partial charge in [-0.25, -0.2) is 4.39 Å². The van der Waals surface area contributed by atoms with Crippen molar-refractivity contribution in [1.82, 2.24) is 4.98 Å². The number of imide groups is 1. The number of carbonyl (C=O) groups is 3. The van der Waals surface area contributed by atoms with Crippen LogP contribution in [0.2, 0.25) is 0 Å². The number of carbonyl (C=O) groups excluding carboxylic acids is 3. The summed E-state index contributed by atoms with van der Waals surface area (Å²) in [5, 5.41) is 5.67. The molecule has 49 heavy (non-hydrogen) atoms. The highest BCUT2D eigenvalue weighted by atomic mass is 79.9. The van der Waals surface area contributed by atoms with Crippen molar-refractivity contribution in [3.8, 4) is 5.75 Å². The van der Waals surface area contributed by atoms with Crippen LogP contribution in [0.1, 0.15) is 22.8 Å². The molecule has 0 radical (unpaired) electrons. The first-order valence-electron chi connectivity index (χ1n) is 16.0. The lowest BCUT2D eigenvalue weighted by molar-refractivity contribution is -0.123. The van der Waals surface area contributed by atoms with Crippen molar-refractivity contribution in [3.63, 3.8) is 0 Å². The van der Waals surface area contributed by atoms with Crippen LogP contribution in [0, 0.1) is 35.4 Å². The zero-order valence-corrected chi connectivity index (χ0v) is 28.8. The lowest BCUT2D eigenvalue weighted by Gasteiger charge is -2.43. The average Bonchev–Trinajstić information content (AvgIpc) is 3.83. The van der Waals surface area contributed by atoms with E-state index in [0.29, 0.717) is 17.1 Å². The van der Waals surface area contributed by atoms with Crippen LogP contribution in [0.3, 0.4) is 0 Å². The molecule has 246 valence electrons. The smallest absolute Gasteiger partial charge is 0.305 e. The molecule has 8 nitrogen and oxygen atoms in total. The summed E-state index contributed by atoms with van der Waals surface area (Å²) in [6.45, 7) is -0.236. The highest BCUT2D eigenvalue weighted by Gasteiger charge is 2.69. The van der Waals surface area contributed by atoms with Crippen LogP contribution in [-0.4, -0.2) is 34.6 Å². The summed E-state index contributed by atoms with van der Waals surface area (Å²) in [7, 11) is 0. The van der Waals surface area contributed by atoms with Gasteiger partial charge in [-0.2, -0.15) is 0 Å². The maximum atomic E-state index is 14.0. The third-order valence-corrected chi connectivity index (χ3v) is 13.6. The minimum atomic E-state index is -0.507. The summed E-state index contributed by atoms with van der Waals surface area (Å²) in [6, 6.07) is 24.7. The van der Waals surface area contributed by atoms with Crippen molar-refractivity contribution in [2.24, 2.45) is 29.6 Å². The van der Waals surface area contributed by atoms with Crippen LogP contribution in [0.4, 0.5) is 15.8 Å². The molecule has 0 spiro atoms. The van der Waals surface area contributed by atoms with E-state index in [9.17, 15) is 23.6 Å². The van der Waals surface area contributed by atoms with E-state index in [1.807, 2.05) is 60.7 Å². The van der Waals surface area contributed by atoms with Gasteiger partial charge in [0.1, 0.15) is 11.6 Å². The molecule has 2 bridgehead atoms. The first kappa shape index (κ1) is 30.8. The molecule has 1 saturated heterocycles. The molecule has 2 aliphatic carbocycles. The monoisotopic (exact) mass is 755 g/mol. The van der Waals surface area contributed by atoms with E-state index in [0.717, 1.165) is 48.5 Å². The number of hydrogen-bond acceptors (Lipinski definition) is 7. The molecule has 2 saturated carbocycles. The van der Waals surface area contributed by atoms with Gasteiger partial charge in [0.25, 0.3) is 5.91 Å². The van der Waals surface area contributed by atoms with Crippen molar-refractivity contribution in [3.05, 3.63) is 115 Å². The normalized spacial score (nSPS) is 26.5. The molecule has 0 unspecified atom stereocenters. The SMILES string of the molecule is O=C(COc1ccc(Br)cc1[C@@H]1c2sc(=O)[nH]c2S[C@@H]2[C@@H]3C[C@@H]([C@@H]4C(=O)N(c5ccc(F)cc5)C(=O)[C@@H]34)[C@H]12)Nc1cccc2ccccc12. The van der Waals surface area contributed by atoms with Crippen LogP contribution in [-0.2, 0) is 14.4 Å². The van der Waals surface area contributed by atoms with Gasteiger partial charge < -0.3 is 15.0 Å². The number of rotatable bonds is 6. The number of nitrogens with one attached hydrogen (secondary N) is 2. The predicted octanol–water partition coefficient (Wildman–Crippen LogP) is 7.19. The third kappa shape index (κ3) is 4.90. The second-order valence-corrected chi connectivity index (χ2v) is 16.1. The number of nitrogens with zero attached hydrogens (tertiary/aromatic N) is 1. The fourth-order valence-electron chi connectivity index (χ4n) is 8.77. The number of aromatic nitrogens is 1. The van der Waals surface area contributed by atoms with E-state index in [-0.39, 0.29) is 58.1 Å². The third-order valence-electron chi connectivity index (χ3n) is 10.5. The van der Waals surface area contributed by atoms with Gasteiger partial charge in [0.2, 0.25) is 11.8 Å². The fraction of sp³-hybridized carbons (Fsp3) is 0.243. The molecule has 3 fully saturated rings. The quantitative estimate of drug-likeness (QED) is 0.178. The Morgan fingerprint density at radius 1 is 0.959 bits per heavy atom. The number of thiazole rings is 1. The van der Waals surface area contributed by atoms with Crippen molar-refractivity contribution < 1.29 is 23.5 Å². The van der Waals surface area contributed by atoms with E-state index in [1.54, 1.807) is 11.8 Å². The van der Waals surface area contributed by atoms with Gasteiger partial charge in [-0.15, -0.1) is 11.8 Å². The Morgan fingerprint density at radius 3 is 2.53 bits per heavy atom.